The Hall–Kier alpha value is -1.56. The number of carbonyl (C=O) groups excluding carboxylic acids is 1. The zero-order valence-corrected chi connectivity index (χ0v) is 13.2. The van der Waals surface area contributed by atoms with Crippen LogP contribution in [0.3, 0.4) is 0 Å². The number of nitrogens with zero attached hydrogens (tertiary/aromatic N) is 1. The van der Waals surface area contributed by atoms with Crippen molar-refractivity contribution in [1.29, 1.82) is 0 Å². The molecule has 2 amide bonds. The summed E-state index contributed by atoms with van der Waals surface area (Å²) in [6, 6.07) is 3.81. The molecule has 1 aliphatic rings. The second-order valence-corrected chi connectivity index (χ2v) is 6.79. The Kier molecular flexibility index (Phi) is 5.22. The fraction of sp³-hybridized carbons (Fsp3) is 0.600. The van der Waals surface area contributed by atoms with Crippen molar-refractivity contribution >= 4 is 23.3 Å². The largest absolute Gasteiger partial charge is 0.481 e. The van der Waals surface area contributed by atoms with E-state index in [-0.39, 0.29) is 18.0 Å². The Morgan fingerprint density at radius 3 is 2.81 bits per heavy atom. The van der Waals surface area contributed by atoms with Gasteiger partial charge in [-0.2, -0.15) is 0 Å². The van der Waals surface area contributed by atoms with Crippen LogP contribution in [-0.4, -0.2) is 35.1 Å². The second-order valence-electron chi connectivity index (χ2n) is 5.81. The first-order valence-corrected chi connectivity index (χ1v) is 8.18. The highest BCUT2D eigenvalue weighted by Crippen LogP contribution is 2.26. The van der Waals surface area contributed by atoms with E-state index in [2.05, 4.69) is 19.2 Å². The molecule has 1 aromatic heterocycles. The number of amides is 2. The molecular weight excluding hydrogens is 288 g/mol. The number of rotatable bonds is 4. The van der Waals surface area contributed by atoms with Gasteiger partial charge in [0.05, 0.1) is 12.0 Å². The van der Waals surface area contributed by atoms with Gasteiger partial charge in [-0.3, -0.25) is 4.79 Å². The van der Waals surface area contributed by atoms with Crippen LogP contribution in [0.1, 0.15) is 37.6 Å². The second kappa shape index (κ2) is 6.93. The summed E-state index contributed by atoms with van der Waals surface area (Å²) in [5.74, 6) is -0.970. The minimum atomic E-state index is -0.814. The molecule has 1 aromatic rings. The van der Waals surface area contributed by atoms with Gasteiger partial charge in [0.2, 0.25) is 0 Å². The topological polar surface area (TPSA) is 69.6 Å². The molecule has 0 saturated carbocycles. The van der Waals surface area contributed by atoms with E-state index in [0.29, 0.717) is 19.5 Å². The zero-order valence-electron chi connectivity index (χ0n) is 12.4. The van der Waals surface area contributed by atoms with E-state index >= 15 is 0 Å². The van der Waals surface area contributed by atoms with Crippen LogP contribution >= 0.6 is 11.3 Å². The number of carboxylic acid groups (broad SMARTS) is 1. The molecule has 0 bridgehead atoms. The first-order valence-electron chi connectivity index (χ1n) is 7.30. The molecule has 6 heteroatoms. The molecule has 1 aliphatic heterocycles. The van der Waals surface area contributed by atoms with Crippen LogP contribution in [0.5, 0.6) is 0 Å². The molecule has 1 saturated heterocycles. The third kappa shape index (κ3) is 3.97. The van der Waals surface area contributed by atoms with Crippen LogP contribution in [0.2, 0.25) is 0 Å². The molecule has 2 unspecified atom stereocenters. The van der Waals surface area contributed by atoms with E-state index in [1.807, 2.05) is 17.5 Å². The monoisotopic (exact) mass is 310 g/mol. The summed E-state index contributed by atoms with van der Waals surface area (Å²) in [4.78, 5) is 26.2. The van der Waals surface area contributed by atoms with E-state index in [1.165, 1.54) is 0 Å². The van der Waals surface area contributed by atoms with Crippen molar-refractivity contribution < 1.29 is 14.7 Å². The Morgan fingerprint density at radius 1 is 1.48 bits per heavy atom. The fourth-order valence-corrected chi connectivity index (χ4v) is 3.57. The number of thiophene rings is 1. The summed E-state index contributed by atoms with van der Waals surface area (Å²) in [5, 5.41) is 14.2. The third-order valence-electron chi connectivity index (χ3n) is 3.85. The van der Waals surface area contributed by atoms with Crippen molar-refractivity contribution in [2.24, 2.45) is 11.8 Å². The smallest absolute Gasteiger partial charge is 0.317 e. The zero-order chi connectivity index (χ0) is 15.4. The average molecular weight is 310 g/mol. The Balaban J connectivity index is 2.00. The fourth-order valence-electron chi connectivity index (χ4n) is 2.62. The Labute approximate surface area is 129 Å². The van der Waals surface area contributed by atoms with Gasteiger partial charge in [-0.05, 0) is 30.2 Å². The minimum Gasteiger partial charge on any atom is -0.481 e. The molecule has 0 spiro atoms. The number of hydrogen-bond acceptors (Lipinski definition) is 3. The molecule has 21 heavy (non-hydrogen) atoms. The lowest BCUT2D eigenvalue weighted by atomic mass is 9.98. The number of nitrogens with one attached hydrogen (secondary N) is 1. The Bertz CT molecular complexity index is 487. The van der Waals surface area contributed by atoms with E-state index < -0.39 is 11.9 Å². The quantitative estimate of drug-likeness (QED) is 0.898. The molecule has 0 aliphatic carbocycles. The highest BCUT2D eigenvalue weighted by molar-refractivity contribution is 7.10. The highest BCUT2D eigenvalue weighted by Gasteiger charge is 2.29. The van der Waals surface area contributed by atoms with Crippen molar-refractivity contribution in [3.8, 4) is 0 Å². The van der Waals surface area contributed by atoms with Crippen molar-refractivity contribution in [3.63, 3.8) is 0 Å². The maximum atomic E-state index is 12.4. The van der Waals surface area contributed by atoms with Gasteiger partial charge in [0.25, 0.3) is 0 Å². The number of piperidine rings is 1. The van der Waals surface area contributed by atoms with E-state index in [9.17, 15) is 9.59 Å². The maximum absolute atomic E-state index is 12.4. The third-order valence-corrected chi connectivity index (χ3v) is 4.81. The van der Waals surface area contributed by atoms with Crippen LogP contribution in [0.15, 0.2) is 17.5 Å². The molecule has 0 radical (unpaired) electrons. The number of aliphatic carboxylic acids is 1. The first kappa shape index (κ1) is 15.8. The number of likely N-dealkylation sites (tertiary alicyclic amines) is 1. The average Bonchev–Trinajstić information content (AvgIpc) is 2.98. The number of carboxylic acids is 1. The molecular formula is C15H22N2O3S. The summed E-state index contributed by atoms with van der Waals surface area (Å²) < 4.78 is 0. The predicted molar refractivity (Wildman–Crippen MR) is 82.4 cm³/mol. The number of hydrogen-bond donors (Lipinski definition) is 2. The van der Waals surface area contributed by atoms with Gasteiger partial charge < -0.3 is 15.3 Å². The van der Waals surface area contributed by atoms with Gasteiger partial charge in [-0.25, -0.2) is 4.79 Å². The SMILES string of the molecule is CC(C)C(NC(=O)N1CCCC(C(=O)O)C1)c1cccs1. The number of carbonyl (C=O) groups is 2. The molecule has 2 heterocycles. The first-order chi connectivity index (χ1) is 9.99. The van der Waals surface area contributed by atoms with Crippen LogP contribution < -0.4 is 5.32 Å². The van der Waals surface area contributed by atoms with Gasteiger partial charge in [0, 0.05) is 18.0 Å². The Morgan fingerprint density at radius 2 is 2.24 bits per heavy atom. The lowest BCUT2D eigenvalue weighted by Gasteiger charge is -2.33. The molecule has 5 nitrogen and oxygen atoms in total. The molecule has 2 atom stereocenters. The van der Waals surface area contributed by atoms with Gasteiger partial charge in [-0.1, -0.05) is 19.9 Å². The van der Waals surface area contributed by atoms with Gasteiger partial charge >= 0.3 is 12.0 Å². The maximum Gasteiger partial charge on any atom is 0.317 e. The van der Waals surface area contributed by atoms with Crippen molar-refractivity contribution in [1.82, 2.24) is 10.2 Å². The summed E-state index contributed by atoms with van der Waals surface area (Å²) in [5.41, 5.74) is 0. The standard InChI is InChI=1S/C15H22N2O3S/c1-10(2)13(12-6-4-8-21-12)16-15(20)17-7-3-5-11(9-17)14(18)19/h4,6,8,10-11,13H,3,5,7,9H2,1-2H3,(H,16,20)(H,18,19). The molecule has 2 rings (SSSR count). The minimum absolute atomic E-state index is 0.0253. The van der Waals surface area contributed by atoms with Gasteiger partial charge in [0.15, 0.2) is 0 Å². The lowest BCUT2D eigenvalue weighted by Crippen LogP contribution is -2.48. The van der Waals surface area contributed by atoms with Crippen LogP contribution in [0.25, 0.3) is 0 Å². The van der Waals surface area contributed by atoms with Gasteiger partial charge in [0.1, 0.15) is 0 Å². The summed E-state index contributed by atoms with van der Waals surface area (Å²) in [7, 11) is 0. The van der Waals surface area contributed by atoms with Crippen molar-refractivity contribution in [2.75, 3.05) is 13.1 Å². The highest BCUT2D eigenvalue weighted by atomic mass is 32.1. The molecule has 2 N–H and O–H groups in total. The van der Waals surface area contributed by atoms with Crippen LogP contribution in [0, 0.1) is 11.8 Å². The van der Waals surface area contributed by atoms with E-state index in [4.69, 9.17) is 5.11 Å². The molecule has 1 fully saturated rings. The van der Waals surface area contributed by atoms with E-state index in [1.54, 1.807) is 16.2 Å². The molecule has 116 valence electrons. The number of urea groups is 1. The van der Waals surface area contributed by atoms with Gasteiger partial charge in [-0.15, -0.1) is 11.3 Å². The van der Waals surface area contributed by atoms with Crippen LogP contribution in [0.4, 0.5) is 4.79 Å². The summed E-state index contributed by atoms with van der Waals surface area (Å²) >= 11 is 1.63. The lowest BCUT2D eigenvalue weighted by molar-refractivity contribution is -0.143. The van der Waals surface area contributed by atoms with Crippen molar-refractivity contribution in [3.05, 3.63) is 22.4 Å². The predicted octanol–water partition coefficient (Wildman–Crippen LogP) is 2.95. The van der Waals surface area contributed by atoms with Crippen LogP contribution in [-0.2, 0) is 4.79 Å². The van der Waals surface area contributed by atoms with Crippen molar-refractivity contribution in [2.45, 2.75) is 32.7 Å². The summed E-state index contributed by atoms with van der Waals surface area (Å²) in [6.07, 6.45) is 1.40. The summed E-state index contributed by atoms with van der Waals surface area (Å²) in [6.45, 7) is 5.07. The normalized spacial score (nSPS) is 20.3. The molecule has 0 aromatic carbocycles. The van der Waals surface area contributed by atoms with E-state index in [0.717, 1.165) is 11.3 Å².